The predicted octanol–water partition coefficient (Wildman–Crippen LogP) is 0.554. The van der Waals surface area contributed by atoms with Gasteiger partial charge < -0.3 is 5.73 Å². The summed E-state index contributed by atoms with van der Waals surface area (Å²) >= 11 is 5.04. The normalized spacial score (nSPS) is 10.7. The van der Waals surface area contributed by atoms with Crippen LogP contribution in [-0.4, -0.2) is 24.5 Å². The van der Waals surface area contributed by atoms with Gasteiger partial charge in [0.05, 0.1) is 11.4 Å². The first-order valence-electron chi connectivity index (χ1n) is 4.02. The van der Waals surface area contributed by atoms with Crippen LogP contribution in [0.4, 0.5) is 5.69 Å². The average Bonchev–Trinajstić information content (AvgIpc) is 2.60. The van der Waals surface area contributed by atoms with Crippen molar-refractivity contribution in [3.63, 3.8) is 0 Å². The van der Waals surface area contributed by atoms with E-state index < -0.39 is 0 Å². The van der Waals surface area contributed by atoms with Crippen molar-refractivity contribution in [2.24, 2.45) is 7.05 Å². The molecule has 7 heteroatoms. The molecule has 2 aromatic heterocycles. The Morgan fingerprint density at radius 3 is 2.71 bits per heavy atom. The van der Waals surface area contributed by atoms with E-state index in [1.807, 2.05) is 14.0 Å². The van der Waals surface area contributed by atoms with Gasteiger partial charge in [0.15, 0.2) is 5.82 Å². The van der Waals surface area contributed by atoms with Crippen molar-refractivity contribution in [3.05, 3.63) is 16.8 Å². The molecule has 3 N–H and O–H groups in total. The van der Waals surface area contributed by atoms with E-state index in [0.717, 1.165) is 11.5 Å². The Morgan fingerprint density at radius 2 is 2.29 bits per heavy atom. The van der Waals surface area contributed by atoms with E-state index in [0.29, 0.717) is 10.5 Å². The first-order chi connectivity index (χ1) is 6.61. The Labute approximate surface area is 85.4 Å². The van der Waals surface area contributed by atoms with E-state index >= 15 is 0 Å². The minimum Gasteiger partial charge on any atom is -0.394 e. The Bertz CT molecular complexity index is 519. The molecular formula is C7H10N6S. The molecule has 0 radical (unpaired) electrons. The monoisotopic (exact) mass is 210 g/mol. The minimum atomic E-state index is 0.500. The number of H-pyrrole nitrogens is 1. The van der Waals surface area contributed by atoms with Gasteiger partial charge in [0.1, 0.15) is 6.33 Å². The van der Waals surface area contributed by atoms with Crippen LogP contribution in [0.25, 0.3) is 5.82 Å². The van der Waals surface area contributed by atoms with Gasteiger partial charge in [-0.25, -0.2) is 4.68 Å². The fraction of sp³-hybridized carbons (Fsp3) is 0.286. The van der Waals surface area contributed by atoms with Crippen LogP contribution in [-0.2, 0) is 7.05 Å². The summed E-state index contributed by atoms with van der Waals surface area (Å²) in [6.45, 7) is 1.85. The van der Waals surface area contributed by atoms with Crippen molar-refractivity contribution in [1.29, 1.82) is 0 Å². The molecule has 74 valence electrons. The van der Waals surface area contributed by atoms with Crippen molar-refractivity contribution < 1.29 is 0 Å². The molecule has 0 saturated heterocycles. The second-order valence-electron chi connectivity index (χ2n) is 2.98. The zero-order chi connectivity index (χ0) is 10.3. The molecule has 14 heavy (non-hydrogen) atoms. The van der Waals surface area contributed by atoms with Gasteiger partial charge in [-0.15, -0.1) is 0 Å². The van der Waals surface area contributed by atoms with E-state index in [4.69, 9.17) is 18.0 Å². The molecule has 0 unspecified atom stereocenters. The number of hydrogen-bond acceptors (Lipinski definition) is 4. The third-order valence-corrected chi connectivity index (χ3v) is 2.31. The highest BCUT2D eigenvalue weighted by atomic mass is 32.1. The average molecular weight is 210 g/mol. The van der Waals surface area contributed by atoms with Gasteiger partial charge in [-0.1, -0.05) is 0 Å². The third-order valence-electron chi connectivity index (χ3n) is 2.02. The molecule has 0 fully saturated rings. The maximum atomic E-state index is 5.87. The molecule has 0 spiro atoms. The summed E-state index contributed by atoms with van der Waals surface area (Å²) < 4.78 is 3.86. The van der Waals surface area contributed by atoms with Crippen LogP contribution in [0, 0.1) is 11.7 Å². The number of aromatic amines is 1. The first-order valence-corrected chi connectivity index (χ1v) is 4.43. The van der Waals surface area contributed by atoms with Crippen LogP contribution in [0.1, 0.15) is 5.69 Å². The number of nitrogens with two attached hydrogens (primary N) is 1. The number of aryl methyl sites for hydroxylation is 2. The Morgan fingerprint density at radius 1 is 1.57 bits per heavy atom. The van der Waals surface area contributed by atoms with Crippen LogP contribution in [0.5, 0.6) is 0 Å². The van der Waals surface area contributed by atoms with Gasteiger partial charge in [0, 0.05) is 7.05 Å². The summed E-state index contributed by atoms with van der Waals surface area (Å²) in [6.07, 6.45) is 1.58. The molecule has 0 aliphatic carbocycles. The molecule has 2 rings (SSSR count). The summed E-state index contributed by atoms with van der Waals surface area (Å²) in [5.41, 5.74) is 7.27. The molecule has 0 atom stereocenters. The van der Waals surface area contributed by atoms with Gasteiger partial charge in [0.2, 0.25) is 4.77 Å². The zero-order valence-electron chi connectivity index (χ0n) is 7.85. The summed E-state index contributed by atoms with van der Waals surface area (Å²) in [5, 5.41) is 10.7. The standard InChI is InChI=1S/C7H10N6S/c1-4-5(8)6(12(2)11-4)13-3-9-10-7(13)14/h3H,8H2,1-2H3,(H,10,14). The largest absolute Gasteiger partial charge is 0.394 e. The highest BCUT2D eigenvalue weighted by molar-refractivity contribution is 7.71. The third kappa shape index (κ3) is 1.13. The molecule has 6 nitrogen and oxygen atoms in total. The minimum absolute atomic E-state index is 0.500. The lowest BCUT2D eigenvalue weighted by molar-refractivity contribution is 0.719. The quantitative estimate of drug-likeness (QED) is 0.674. The maximum absolute atomic E-state index is 5.87. The number of nitrogens with one attached hydrogen (secondary N) is 1. The Hall–Kier alpha value is -1.63. The fourth-order valence-electron chi connectivity index (χ4n) is 1.35. The van der Waals surface area contributed by atoms with Gasteiger partial charge in [0.25, 0.3) is 0 Å². The molecule has 0 saturated carbocycles. The van der Waals surface area contributed by atoms with Crippen LogP contribution in [0.3, 0.4) is 0 Å². The lowest BCUT2D eigenvalue weighted by Crippen LogP contribution is -2.04. The number of nitrogens with zero attached hydrogens (tertiary/aromatic N) is 4. The van der Waals surface area contributed by atoms with Crippen LogP contribution in [0.2, 0.25) is 0 Å². The zero-order valence-corrected chi connectivity index (χ0v) is 8.67. The van der Waals surface area contributed by atoms with E-state index in [9.17, 15) is 0 Å². The summed E-state index contributed by atoms with van der Waals surface area (Å²) in [5.74, 6) is 0.737. The molecular weight excluding hydrogens is 200 g/mol. The van der Waals surface area contributed by atoms with Gasteiger partial charge in [-0.3, -0.25) is 9.67 Å². The SMILES string of the molecule is Cc1nn(C)c(-n2cn[nH]c2=S)c1N. The van der Waals surface area contributed by atoms with E-state index in [-0.39, 0.29) is 0 Å². The second kappa shape index (κ2) is 2.95. The van der Waals surface area contributed by atoms with Crippen molar-refractivity contribution in [3.8, 4) is 5.82 Å². The fourth-order valence-corrected chi connectivity index (χ4v) is 1.53. The highest BCUT2D eigenvalue weighted by Crippen LogP contribution is 2.19. The first kappa shape index (κ1) is 8.95. The van der Waals surface area contributed by atoms with Crippen molar-refractivity contribution >= 4 is 17.9 Å². The molecule has 0 amide bonds. The molecule has 0 bridgehead atoms. The molecule has 2 heterocycles. The molecule has 0 aliphatic rings. The second-order valence-corrected chi connectivity index (χ2v) is 3.36. The van der Waals surface area contributed by atoms with Gasteiger partial charge in [-0.05, 0) is 19.1 Å². The smallest absolute Gasteiger partial charge is 0.200 e. The molecule has 0 aliphatic heterocycles. The summed E-state index contributed by atoms with van der Waals surface area (Å²) in [6, 6.07) is 0. The van der Waals surface area contributed by atoms with E-state index in [1.165, 1.54) is 0 Å². The lowest BCUT2D eigenvalue weighted by Gasteiger charge is -2.02. The van der Waals surface area contributed by atoms with Crippen LogP contribution in [0.15, 0.2) is 6.33 Å². The van der Waals surface area contributed by atoms with Crippen molar-refractivity contribution in [2.75, 3.05) is 5.73 Å². The Balaban J connectivity index is 2.74. The van der Waals surface area contributed by atoms with Gasteiger partial charge >= 0.3 is 0 Å². The van der Waals surface area contributed by atoms with Crippen molar-refractivity contribution in [2.45, 2.75) is 6.92 Å². The molecule has 0 aromatic carbocycles. The lowest BCUT2D eigenvalue weighted by atomic mass is 10.4. The van der Waals surface area contributed by atoms with Crippen molar-refractivity contribution in [1.82, 2.24) is 24.5 Å². The highest BCUT2D eigenvalue weighted by Gasteiger charge is 2.12. The topological polar surface area (TPSA) is 77.5 Å². The Kier molecular flexibility index (Phi) is 1.88. The van der Waals surface area contributed by atoms with Gasteiger partial charge in [-0.2, -0.15) is 10.2 Å². The summed E-state index contributed by atoms with van der Waals surface area (Å²) in [7, 11) is 1.81. The predicted molar refractivity (Wildman–Crippen MR) is 54.7 cm³/mol. The van der Waals surface area contributed by atoms with Crippen LogP contribution < -0.4 is 5.73 Å². The van der Waals surface area contributed by atoms with E-state index in [1.54, 1.807) is 15.6 Å². The number of aromatic nitrogens is 5. The van der Waals surface area contributed by atoms with E-state index in [2.05, 4.69) is 15.3 Å². The van der Waals surface area contributed by atoms with Crippen LogP contribution >= 0.6 is 12.2 Å². The molecule has 2 aromatic rings. The number of hydrogen-bond donors (Lipinski definition) is 2. The number of nitrogen functional groups attached to an aromatic ring is 1. The maximum Gasteiger partial charge on any atom is 0.200 e. The number of rotatable bonds is 1. The summed E-state index contributed by atoms with van der Waals surface area (Å²) in [4.78, 5) is 0. The number of anilines is 1.